The zero-order chi connectivity index (χ0) is 22.3. The van der Waals surface area contributed by atoms with Crippen LogP contribution in [-0.2, 0) is 31.5 Å². The highest BCUT2D eigenvalue weighted by Crippen LogP contribution is 2.27. The predicted molar refractivity (Wildman–Crippen MR) is 113 cm³/mol. The summed E-state index contributed by atoms with van der Waals surface area (Å²) in [5, 5.41) is 9.03. The second kappa shape index (κ2) is 8.30. The maximum absolute atomic E-state index is 13.3. The molecule has 1 aliphatic rings. The first-order valence-electron chi connectivity index (χ1n) is 10.1. The van der Waals surface area contributed by atoms with Crippen molar-refractivity contribution in [2.75, 3.05) is 7.05 Å². The first kappa shape index (κ1) is 21.3. The number of hydrogen-bond donors (Lipinski definition) is 0. The van der Waals surface area contributed by atoms with Crippen molar-refractivity contribution >= 4 is 17.5 Å². The standard InChI is InChI=1S/C21H24ClFN6O2/c1-13-15(11-27(3)24-13)10-26(2)20(30)17-5-4-8-28-19(17)25-29(21(28)31)12-14-6-7-16(23)9-18(14)22/h6-7,9,11,17H,4-5,8,10,12H2,1-3H3. The molecule has 0 fully saturated rings. The number of halogens is 2. The topological polar surface area (TPSA) is 78.0 Å². The molecule has 10 heteroatoms. The molecule has 3 heterocycles. The molecule has 1 atom stereocenters. The monoisotopic (exact) mass is 446 g/mol. The van der Waals surface area contributed by atoms with Gasteiger partial charge in [0.25, 0.3) is 0 Å². The Hall–Kier alpha value is -2.94. The zero-order valence-corrected chi connectivity index (χ0v) is 18.4. The van der Waals surface area contributed by atoms with E-state index in [4.69, 9.17) is 11.6 Å². The lowest BCUT2D eigenvalue weighted by molar-refractivity contribution is -0.132. The van der Waals surface area contributed by atoms with Gasteiger partial charge in [-0.3, -0.25) is 14.0 Å². The van der Waals surface area contributed by atoms with Gasteiger partial charge in [-0.25, -0.2) is 13.9 Å². The molecule has 0 aliphatic carbocycles. The first-order chi connectivity index (χ1) is 14.7. The van der Waals surface area contributed by atoms with E-state index in [0.717, 1.165) is 11.3 Å². The molecule has 8 nitrogen and oxygen atoms in total. The normalized spacial score (nSPS) is 15.7. The van der Waals surface area contributed by atoms with Crippen LogP contribution < -0.4 is 5.69 Å². The van der Waals surface area contributed by atoms with Crippen LogP contribution in [0.25, 0.3) is 0 Å². The van der Waals surface area contributed by atoms with E-state index >= 15 is 0 Å². The maximum atomic E-state index is 13.3. The van der Waals surface area contributed by atoms with Crippen LogP contribution in [0.2, 0.25) is 5.02 Å². The molecule has 1 unspecified atom stereocenters. The Bertz CT molecular complexity index is 1200. The number of carbonyl (C=O) groups excluding carboxylic acids is 1. The zero-order valence-electron chi connectivity index (χ0n) is 17.7. The van der Waals surface area contributed by atoms with Gasteiger partial charge in [0.05, 0.1) is 18.2 Å². The lowest BCUT2D eigenvalue weighted by Gasteiger charge is -2.26. The predicted octanol–water partition coefficient (Wildman–Crippen LogP) is 2.46. The second-order valence-corrected chi connectivity index (χ2v) is 8.40. The summed E-state index contributed by atoms with van der Waals surface area (Å²) in [6.45, 7) is 2.98. The van der Waals surface area contributed by atoms with Crippen LogP contribution in [-0.4, -0.2) is 42.0 Å². The van der Waals surface area contributed by atoms with Crippen molar-refractivity contribution in [1.82, 2.24) is 29.0 Å². The Morgan fingerprint density at radius 1 is 1.32 bits per heavy atom. The van der Waals surface area contributed by atoms with E-state index in [0.29, 0.717) is 37.3 Å². The minimum absolute atomic E-state index is 0.0823. The SMILES string of the molecule is Cc1nn(C)cc1CN(C)C(=O)C1CCCn2c1nn(Cc1ccc(F)cc1Cl)c2=O. The second-order valence-electron chi connectivity index (χ2n) is 7.99. The summed E-state index contributed by atoms with van der Waals surface area (Å²) >= 11 is 6.11. The van der Waals surface area contributed by atoms with Crippen molar-refractivity contribution < 1.29 is 9.18 Å². The van der Waals surface area contributed by atoms with Crippen molar-refractivity contribution in [3.05, 3.63) is 68.4 Å². The first-order valence-corrected chi connectivity index (χ1v) is 10.5. The van der Waals surface area contributed by atoms with Gasteiger partial charge in [-0.15, -0.1) is 0 Å². The molecule has 0 radical (unpaired) electrons. The lowest BCUT2D eigenvalue weighted by atomic mass is 9.97. The molecule has 0 N–H and O–H groups in total. The molecule has 0 saturated carbocycles. The van der Waals surface area contributed by atoms with Crippen LogP contribution in [0.4, 0.5) is 4.39 Å². The Morgan fingerprint density at radius 3 is 2.77 bits per heavy atom. The summed E-state index contributed by atoms with van der Waals surface area (Å²) in [4.78, 5) is 27.8. The summed E-state index contributed by atoms with van der Waals surface area (Å²) in [6, 6.07) is 4.04. The summed E-state index contributed by atoms with van der Waals surface area (Å²) in [7, 11) is 3.60. The quantitative estimate of drug-likeness (QED) is 0.603. The molecular formula is C21H24ClFN6O2. The van der Waals surface area contributed by atoms with E-state index in [1.165, 1.54) is 22.9 Å². The molecule has 2 aromatic heterocycles. The number of rotatable bonds is 5. The van der Waals surface area contributed by atoms with E-state index in [9.17, 15) is 14.0 Å². The summed E-state index contributed by atoms with van der Waals surface area (Å²) < 4.78 is 17.9. The molecule has 164 valence electrons. The fourth-order valence-corrected chi connectivity index (χ4v) is 4.29. The molecule has 1 amide bonds. The maximum Gasteiger partial charge on any atom is 0.346 e. The fourth-order valence-electron chi connectivity index (χ4n) is 4.06. The molecule has 0 saturated heterocycles. The molecule has 1 aromatic carbocycles. The van der Waals surface area contributed by atoms with Crippen LogP contribution in [0.1, 0.15) is 41.4 Å². The minimum Gasteiger partial charge on any atom is -0.341 e. The van der Waals surface area contributed by atoms with Crippen LogP contribution in [0, 0.1) is 12.7 Å². The Morgan fingerprint density at radius 2 is 2.10 bits per heavy atom. The highest BCUT2D eigenvalue weighted by molar-refractivity contribution is 6.31. The van der Waals surface area contributed by atoms with Crippen molar-refractivity contribution in [3.63, 3.8) is 0 Å². The molecule has 0 bridgehead atoms. The van der Waals surface area contributed by atoms with Crippen molar-refractivity contribution in [3.8, 4) is 0 Å². The summed E-state index contributed by atoms with van der Waals surface area (Å²) in [5.74, 6) is -0.549. The largest absolute Gasteiger partial charge is 0.346 e. The third-order valence-electron chi connectivity index (χ3n) is 5.67. The number of amides is 1. The van der Waals surface area contributed by atoms with Gasteiger partial charge < -0.3 is 4.90 Å². The smallest absolute Gasteiger partial charge is 0.341 e. The number of hydrogen-bond acceptors (Lipinski definition) is 4. The third-order valence-corrected chi connectivity index (χ3v) is 6.02. The van der Waals surface area contributed by atoms with E-state index < -0.39 is 11.7 Å². The average molecular weight is 447 g/mol. The number of aryl methyl sites for hydroxylation is 2. The van der Waals surface area contributed by atoms with Crippen LogP contribution in [0.3, 0.4) is 0 Å². The van der Waals surface area contributed by atoms with Gasteiger partial charge in [0.2, 0.25) is 5.91 Å². The molecule has 3 aromatic rings. The highest BCUT2D eigenvalue weighted by Gasteiger charge is 2.33. The van der Waals surface area contributed by atoms with E-state index in [2.05, 4.69) is 10.2 Å². The van der Waals surface area contributed by atoms with Gasteiger partial charge >= 0.3 is 5.69 Å². The van der Waals surface area contributed by atoms with E-state index in [1.54, 1.807) is 21.2 Å². The van der Waals surface area contributed by atoms with Crippen molar-refractivity contribution in [1.29, 1.82) is 0 Å². The number of fused-ring (bicyclic) bond motifs is 1. The number of benzene rings is 1. The van der Waals surface area contributed by atoms with Crippen molar-refractivity contribution in [2.45, 2.75) is 45.3 Å². The van der Waals surface area contributed by atoms with Gasteiger partial charge in [0.1, 0.15) is 11.6 Å². The number of likely N-dealkylation sites (N-methyl/N-ethyl adjacent to an activating group) is 1. The molecule has 4 rings (SSSR count). The summed E-state index contributed by atoms with van der Waals surface area (Å²) in [5.41, 5.74) is 2.15. The Kier molecular flexibility index (Phi) is 5.70. The van der Waals surface area contributed by atoms with Gasteiger partial charge in [-0.1, -0.05) is 17.7 Å². The fraction of sp³-hybridized carbons (Fsp3) is 0.429. The van der Waals surface area contributed by atoms with E-state index in [1.807, 2.05) is 20.2 Å². The number of carbonyl (C=O) groups is 1. The van der Waals surface area contributed by atoms with Crippen LogP contribution in [0.15, 0.2) is 29.2 Å². The van der Waals surface area contributed by atoms with E-state index in [-0.39, 0.29) is 23.2 Å². The third kappa shape index (κ3) is 4.14. The lowest BCUT2D eigenvalue weighted by Crippen LogP contribution is -2.36. The molecule has 1 aliphatic heterocycles. The Labute approximate surface area is 183 Å². The average Bonchev–Trinajstić information content (AvgIpc) is 3.21. The number of aromatic nitrogens is 5. The van der Waals surface area contributed by atoms with Gasteiger partial charge in [0.15, 0.2) is 0 Å². The Balaban J connectivity index is 1.58. The highest BCUT2D eigenvalue weighted by atomic mass is 35.5. The molecular weight excluding hydrogens is 423 g/mol. The van der Waals surface area contributed by atoms with Gasteiger partial charge in [-0.2, -0.15) is 10.2 Å². The van der Waals surface area contributed by atoms with Crippen LogP contribution in [0.5, 0.6) is 0 Å². The minimum atomic E-state index is -0.492. The number of nitrogens with zero attached hydrogens (tertiary/aromatic N) is 6. The van der Waals surface area contributed by atoms with Crippen LogP contribution >= 0.6 is 11.6 Å². The summed E-state index contributed by atoms with van der Waals surface area (Å²) in [6.07, 6.45) is 3.24. The molecule has 31 heavy (non-hydrogen) atoms. The van der Waals surface area contributed by atoms with Crippen molar-refractivity contribution in [2.24, 2.45) is 7.05 Å². The van der Waals surface area contributed by atoms with Gasteiger partial charge in [-0.05, 0) is 37.5 Å². The van der Waals surface area contributed by atoms with Gasteiger partial charge in [0, 0.05) is 44.0 Å². The molecule has 0 spiro atoms.